The monoisotopic (exact) mass is 461 g/mol. The molecule has 0 unspecified atom stereocenters. The zero-order valence-corrected chi connectivity index (χ0v) is 18.4. The highest BCUT2D eigenvalue weighted by Crippen LogP contribution is 2.32. The van der Waals surface area contributed by atoms with Gasteiger partial charge >= 0.3 is 12.0 Å². The molecule has 7 nitrogen and oxygen atoms in total. The molecule has 4 rings (SSSR count). The van der Waals surface area contributed by atoms with Crippen LogP contribution in [-0.2, 0) is 13.6 Å². The van der Waals surface area contributed by atoms with Crippen LogP contribution in [0.5, 0.6) is 0 Å². The third-order valence-electron chi connectivity index (χ3n) is 5.33. The molecule has 1 heterocycles. The van der Waals surface area contributed by atoms with E-state index in [1.807, 2.05) is 30.3 Å². The van der Waals surface area contributed by atoms with E-state index in [9.17, 15) is 14.4 Å². The number of hydrogen-bond acceptors (Lipinski definition) is 3. The van der Waals surface area contributed by atoms with Crippen LogP contribution in [0.2, 0.25) is 5.02 Å². The van der Waals surface area contributed by atoms with Crippen molar-refractivity contribution < 1.29 is 14.7 Å². The third-order valence-corrected chi connectivity index (χ3v) is 5.56. The summed E-state index contributed by atoms with van der Waals surface area (Å²) >= 11 is 6.25. The molecule has 3 N–H and O–H groups in total. The van der Waals surface area contributed by atoms with E-state index in [1.165, 1.54) is 16.7 Å². The Bertz CT molecular complexity index is 1430. The lowest BCUT2D eigenvalue weighted by Crippen LogP contribution is -2.32. The lowest BCUT2D eigenvalue weighted by Gasteiger charge is -2.18. The molecule has 166 valence electrons. The first-order chi connectivity index (χ1) is 15.8. The van der Waals surface area contributed by atoms with Gasteiger partial charge in [0.05, 0.1) is 12.1 Å². The number of amides is 2. The Morgan fingerprint density at radius 3 is 2.45 bits per heavy atom. The van der Waals surface area contributed by atoms with E-state index in [0.717, 1.165) is 11.1 Å². The molecule has 4 aromatic rings. The lowest BCUT2D eigenvalue weighted by atomic mass is 9.96. The molecule has 2 amide bonds. The SMILES string of the molecule is Cn1c(CNC(=O)Nc2cccc(C(=O)O)c2)c(-c2ccccc2)c2cc(Cl)ccc2c1=O. The average Bonchev–Trinajstić information content (AvgIpc) is 2.81. The molecule has 0 saturated heterocycles. The van der Waals surface area contributed by atoms with Crippen molar-refractivity contribution in [2.45, 2.75) is 6.54 Å². The van der Waals surface area contributed by atoms with E-state index in [-0.39, 0.29) is 17.7 Å². The van der Waals surface area contributed by atoms with Crippen LogP contribution >= 0.6 is 11.6 Å². The van der Waals surface area contributed by atoms with Crippen LogP contribution < -0.4 is 16.2 Å². The summed E-state index contributed by atoms with van der Waals surface area (Å²) in [6.07, 6.45) is 0. The number of anilines is 1. The molecule has 0 aliphatic heterocycles. The van der Waals surface area contributed by atoms with Crippen LogP contribution in [0.4, 0.5) is 10.5 Å². The van der Waals surface area contributed by atoms with Crippen LogP contribution in [0.15, 0.2) is 77.6 Å². The third kappa shape index (κ3) is 4.58. The zero-order valence-electron chi connectivity index (χ0n) is 17.6. The van der Waals surface area contributed by atoms with E-state index < -0.39 is 12.0 Å². The maximum absolute atomic E-state index is 13.0. The summed E-state index contributed by atoms with van der Waals surface area (Å²) in [5.41, 5.74) is 2.49. The second-order valence-electron chi connectivity index (χ2n) is 7.44. The molecule has 1 aromatic heterocycles. The van der Waals surface area contributed by atoms with E-state index >= 15 is 0 Å². The summed E-state index contributed by atoms with van der Waals surface area (Å²) in [4.78, 5) is 36.7. The van der Waals surface area contributed by atoms with Gasteiger partial charge in [0.1, 0.15) is 0 Å². The zero-order chi connectivity index (χ0) is 23.5. The minimum absolute atomic E-state index is 0.0584. The van der Waals surface area contributed by atoms with Gasteiger partial charge in [-0.05, 0) is 47.3 Å². The fraction of sp³-hybridized carbons (Fsp3) is 0.0800. The summed E-state index contributed by atoms with van der Waals surface area (Å²) in [7, 11) is 1.66. The second-order valence-corrected chi connectivity index (χ2v) is 7.87. The van der Waals surface area contributed by atoms with Crippen LogP contribution in [0.3, 0.4) is 0 Å². The molecule has 0 aliphatic rings. The van der Waals surface area contributed by atoms with E-state index in [2.05, 4.69) is 10.6 Å². The van der Waals surface area contributed by atoms with Gasteiger partial charge in [-0.15, -0.1) is 0 Å². The first-order valence-electron chi connectivity index (χ1n) is 10.1. The van der Waals surface area contributed by atoms with Gasteiger partial charge < -0.3 is 20.3 Å². The highest BCUT2D eigenvalue weighted by Gasteiger charge is 2.17. The van der Waals surface area contributed by atoms with Crippen LogP contribution in [-0.4, -0.2) is 21.7 Å². The number of halogens is 1. The number of urea groups is 1. The number of pyridine rings is 1. The van der Waals surface area contributed by atoms with E-state index in [4.69, 9.17) is 16.7 Å². The number of carboxylic acid groups (broad SMARTS) is 1. The Labute approximate surface area is 194 Å². The number of rotatable bonds is 5. The largest absolute Gasteiger partial charge is 0.478 e. The van der Waals surface area contributed by atoms with E-state index in [0.29, 0.717) is 27.2 Å². The number of nitrogens with one attached hydrogen (secondary N) is 2. The van der Waals surface area contributed by atoms with Crippen molar-refractivity contribution in [2.75, 3.05) is 5.32 Å². The highest BCUT2D eigenvalue weighted by atomic mass is 35.5. The minimum atomic E-state index is -1.09. The van der Waals surface area contributed by atoms with Crippen molar-refractivity contribution in [1.82, 2.24) is 9.88 Å². The molecule has 0 bridgehead atoms. The predicted octanol–water partition coefficient (Wildman–Crippen LogP) is 4.88. The fourth-order valence-electron chi connectivity index (χ4n) is 3.74. The Kier molecular flexibility index (Phi) is 6.15. The van der Waals surface area contributed by atoms with Crippen LogP contribution in [0, 0.1) is 0 Å². The number of carboxylic acids is 1. The van der Waals surface area contributed by atoms with Crippen LogP contribution in [0.25, 0.3) is 21.9 Å². The fourth-order valence-corrected chi connectivity index (χ4v) is 3.91. The molecule has 0 fully saturated rings. The summed E-state index contributed by atoms with van der Waals surface area (Å²) in [5.74, 6) is -1.09. The lowest BCUT2D eigenvalue weighted by molar-refractivity contribution is 0.0697. The summed E-state index contributed by atoms with van der Waals surface area (Å²) in [6.45, 7) is 0.0584. The summed E-state index contributed by atoms with van der Waals surface area (Å²) in [5, 5.41) is 16.2. The van der Waals surface area contributed by atoms with Gasteiger partial charge in [0, 0.05) is 34.4 Å². The molecule has 0 spiro atoms. The van der Waals surface area contributed by atoms with Gasteiger partial charge in [-0.3, -0.25) is 4.79 Å². The maximum atomic E-state index is 13.0. The van der Waals surface area contributed by atoms with Crippen molar-refractivity contribution in [1.29, 1.82) is 0 Å². The quantitative estimate of drug-likeness (QED) is 0.394. The number of carbonyl (C=O) groups excluding carboxylic acids is 1. The van der Waals surface area contributed by atoms with Gasteiger partial charge in [-0.25, -0.2) is 9.59 Å². The Hall–Kier alpha value is -4.10. The molecular formula is C25H20ClN3O4. The first-order valence-corrected chi connectivity index (χ1v) is 10.5. The van der Waals surface area contributed by atoms with Crippen molar-refractivity contribution in [2.24, 2.45) is 7.05 Å². The number of aromatic nitrogens is 1. The predicted molar refractivity (Wildman–Crippen MR) is 129 cm³/mol. The van der Waals surface area contributed by atoms with Gasteiger partial charge in [-0.2, -0.15) is 0 Å². The molecule has 33 heavy (non-hydrogen) atoms. The molecule has 3 aromatic carbocycles. The highest BCUT2D eigenvalue weighted by molar-refractivity contribution is 6.31. The van der Waals surface area contributed by atoms with Crippen molar-refractivity contribution in [3.05, 3.63) is 99.4 Å². The molecule has 8 heteroatoms. The standard InChI is InChI=1S/C25H20ClN3O4/c1-29-21(14-27-25(33)28-18-9-5-8-16(12-18)24(31)32)22(15-6-3-2-4-7-15)20-13-17(26)10-11-19(20)23(29)30/h2-13H,14H2,1H3,(H,31,32)(H2,27,28,33). The number of benzene rings is 3. The van der Waals surface area contributed by atoms with Gasteiger partial charge in [0.15, 0.2) is 0 Å². The van der Waals surface area contributed by atoms with Gasteiger partial charge in [0.2, 0.25) is 0 Å². The average molecular weight is 462 g/mol. The van der Waals surface area contributed by atoms with Crippen molar-refractivity contribution >= 4 is 40.1 Å². The first kappa shape index (κ1) is 22.1. The van der Waals surface area contributed by atoms with Crippen molar-refractivity contribution in [3.8, 4) is 11.1 Å². The Balaban J connectivity index is 1.71. The van der Waals surface area contributed by atoms with Crippen molar-refractivity contribution in [3.63, 3.8) is 0 Å². The van der Waals surface area contributed by atoms with Gasteiger partial charge in [0.25, 0.3) is 5.56 Å². The topological polar surface area (TPSA) is 100 Å². The van der Waals surface area contributed by atoms with Gasteiger partial charge in [-0.1, -0.05) is 48.0 Å². The molecular weight excluding hydrogens is 442 g/mol. The molecule has 0 atom stereocenters. The molecule has 0 saturated carbocycles. The summed E-state index contributed by atoms with van der Waals surface area (Å²) in [6, 6.07) is 20.1. The normalized spacial score (nSPS) is 10.7. The number of hydrogen-bond donors (Lipinski definition) is 3. The number of carbonyl (C=O) groups is 2. The Morgan fingerprint density at radius 1 is 0.970 bits per heavy atom. The number of aromatic carboxylic acids is 1. The maximum Gasteiger partial charge on any atom is 0.335 e. The number of fused-ring (bicyclic) bond motifs is 1. The van der Waals surface area contributed by atoms with E-state index in [1.54, 1.807) is 37.4 Å². The number of nitrogens with zero attached hydrogens (tertiary/aromatic N) is 1. The minimum Gasteiger partial charge on any atom is -0.478 e. The second kappa shape index (κ2) is 9.18. The smallest absolute Gasteiger partial charge is 0.335 e. The summed E-state index contributed by atoms with van der Waals surface area (Å²) < 4.78 is 1.52. The Morgan fingerprint density at radius 2 is 1.73 bits per heavy atom. The molecule has 0 radical (unpaired) electrons. The van der Waals surface area contributed by atoms with Crippen LogP contribution in [0.1, 0.15) is 16.1 Å². The molecule has 0 aliphatic carbocycles.